The van der Waals surface area contributed by atoms with Crippen molar-refractivity contribution in [3.8, 4) is 11.1 Å². The molecule has 0 bridgehead atoms. The minimum Gasteiger partial charge on any atom is -0.310 e. The van der Waals surface area contributed by atoms with E-state index in [4.69, 9.17) is 11.6 Å². The van der Waals surface area contributed by atoms with Gasteiger partial charge in [0.05, 0.1) is 12.8 Å². The second kappa shape index (κ2) is 8.26. The summed E-state index contributed by atoms with van der Waals surface area (Å²) < 4.78 is 40.3. The minimum atomic E-state index is -3.26. The quantitative estimate of drug-likeness (QED) is 0.664. The molecule has 8 heteroatoms. The highest BCUT2D eigenvalue weighted by Crippen LogP contribution is 2.20. The topological polar surface area (TPSA) is 68.2 Å². The fourth-order valence-electron chi connectivity index (χ4n) is 2.69. The molecule has 1 aromatic heterocycles. The molecule has 0 unspecified atom stereocenters. The maximum absolute atomic E-state index is 14.0. The zero-order valence-corrected chi connectivity index (χ0v) is 16.6. The predicted molar refractivity (Wildman–Crippen MR) is 108 cm³/mol. The van der Waals surface area contributed by atoms with Gasteiger partial charge < -0.3 is 4.57 Å². The zero-order valence-electron chi connectivity index (χ0n) is 15.0. The first-order chi connectivity index (χ1) is 13.2. The van der Waals surface area contributed by atoms with Crippen molar-refractivity contribution in [2.45, 2.75) is 13.1 Å². The van der Waals surface area contributed by atoms with Crippen molar-refractivity contribution < 1.29 is 12.8 Å². The standard InChI is InChI=1S/C20H18ClFN2O3S/c1-28(26,27)23-11-14-2-4-15(5-3-14)16-7-9-20(25)24(12-16)13-17-6-8-18(21)10-19(17)22/h2-10,12,23H,11,13H2,1H3. The highest BCUT2D eigenvalue weighted by molar-refractivity contribution is 7.88. The number of benzene rings is 2. The molecule has 0 aliphatic carbocycles. The van der Waals surface area contributed by atoms with Crippen molar-refractivity contribution in [3.05, 3.63) is 93.1 Å². The lowest BCUT2D eigenvalue weighted by molar-refractivity contribution is 0.587. The number of nitrogens with zero attached hydrogens (tertiary/aromatic N) is 1. The maximum Gasteiger partial charge on any atom is 0.250 e. The molecule has 1 N–H and O–H groups in total. The largest absolute Gasteiger partial charge is 0.310 e. The highest BCUT2D eigenvalue weighted by Gasteiger charge is 2.07. The first-order valence-electron chi connectivity index (χ1n) is 8.40. The zero-order chi connectivity index (χ0) is 20.3. The molecule has 3 aromatic rings. The summed E-state index contributed by atoms with van der Waals surface area (Å²) in [6, 6.07) is 14.8. The monoisotopic (exact) mass is 420 g/mol. The van der Waals surface area contributed by atoms with Crippen LogP contribution in [0.3, 0.4) is 0 Å². The first kappa shape index (κ1) is 20.3. The number of hydrogen-bond acceptors (Lipinski definition) is 3. The van der Waals surface area contributed by atoms with Gasteiger partial charge in [-0.1, -0.05) is 41.9 Å². The molecule has 0 spiro atoms. The van der Waals surface area contributed by atoms with E-state index in [-0.39, 0.29) is 18.6 Å². The van der Waals surface area contributed by atoms with Gasteiger partial charge >= 0.3 is 0 Å². The van der Waals surface area contributed by atoms with Gasteiger partial charge in [-0.3, -0.25) is 4.79 Å². The van der Waals surface area contributed by atoms with Crippen LogP contribution >= 0.6 is 11.6 Å². The average molecular weight is 421 g/mol. The number of nitrogens with one attached hydrogen (secondary N) is 1. The molecule has 0 saturated heterocycles. The number of rotatable bonds is 6. The number of hydrogen-bond donors (Lipinski definition) is 1. The third-order valence-electron chi connectivity index (χ3n) is 4.17. The Morgan fingerprint density at radius 2 is 1.71 bits per heavy atom. The van der Waals surface area contributed by atoms with Crippen molar-refractivity contribution in [3.63, 3.8) is 0 Å². The van der Waals surface area contributed by atoms with Crippen LogP contribution in [0.1, 0.15) is 11.1 Å². The molecule has 146 valence electrons. The van der Waals surface area contributed by atoms with E-state index in [1.165, 1.54) is 16.7 Å². The Labute approximate surface area is 167 Å². The molecule has 3 rings (SSSR count). The maximum atomic E-state index is 14.0. The number of sulfonamides is 1. The summed E-state index contributed by atoms with van der Waals surface area (Å²) in [5, 5.41) is 0.299. The van der Waals surface area contributed by atoms with E-state index in [9.17, 15) is 17.6 Å². The van der Waals surface area contributed by atoms with E-state index in [1.807, 2.05) is 24.3 Å². The molecule has 1 heterocycles. The smallest absolute Gasteiger partial charge is 0.250 e. The van der Waals surface area contributed by atoms with Gasteiger partial charge in [-0.05, 0) is 34.9 Å². The molecule has 0 amide bonds. The van der Waals surface area contributed by atoms with Gasteiger partial charge in [-0.15, -0.1) is 0 Å². The summed E-state index contributed by atoms with van der Waals surface area (Å²) in [4.78, 5) is 12.2. The van der Waals surface area contributed by atoms with Crippen molar-refractivity contribution in [1.82, 2.24) is 9.29 Å². The number of aromatic nitrogens is 1. The molecule has 0 saturated carbocycles. The molecule has 0 radical (unpaired) electrons. The third kappa shape index (κ3) is 5.28. The van der Waals surface area contributed by atoms with E-state index >= 15 is 0 Å². The molecular formula is C20H18ClFN2O3S. The summed E-state index contributed by atoms with van der Waals surface area (Å²) in [6.07, 6.45) is 2.77. The normalized spacial score (nSPS) is 11.5. The Morgan fingerprint density at radius 3 is 2.36 bits per heavy atom. The van der Waals surface area contributed by atoms with Gasteiger partial charge in [-0.2, -0.15) is 0 Å². The molecule has 0 fully saturated rings. The minimum absolute atomic E-state index is 0.0893. The summed E-state index contributed by atoms with van der Waals surface area (Å²) in [5.41, 5.74) is 2.58. The summed E-state index contributed by atoms with van der Waals surface area (Å²) in [6.45, 7) is 0.292. The molecule has 5 nitrogen and oxygen atoms in total. The van der Waals surface area contributed by atoms with Crippen LogP contribution in [0.15, 0.2) is 65.6 Å². The lowest BCUT2D eigenvalue weighted by atomic mass is 10.1. The van der Waals surface area contributed by atoms with Gasteiger partial charge in [0.2, 0.25) is 10.0 Å². The van der Waals surface area contributed by atoms with Gasteiger partial charge in [-0.25, -0.2) is 17.5 Å². The second-order valence-corrected chi connectivity index (χ2v) is 8.68. The Balaban J connectivity index is 1.83. The third-order valence-corrected chi connectivity index (χ3v) is 5.07. The lowest BCUT2D eigenvalue weighted by Gasteiger charge is -2.10. The molecular weight excluding hydrogens is 403 g/mol. The van der Waals surface area contributed by atoms with Gasteiger partial charge in [0, 0.05) is 29.4 Å². The molecule has 2 aromatic carbocycles. The van der Waals surface area contributed by atoms with Crippen molar-refractivity contribution >= 4 is 21.6 Å². The van der Waals surface area contributed by atoms with E-state index < -0.39 is 15.8 Å². The van der Waals surface area contributed by atoms with Crippen LogP contribution in [-0.2, 0) is 23.1 Å². The van der Waals surface area contributed by atoms with Crippen molar-refractivity contribution in [2.75, 3.05) is 6.26 Å². The number of halogens is 2. The van der Waals surface area contributed by atoms with Crippen LogP contribution < -0.4 is 10.3 Å². The van der Waals surface area contributed by atoms with Crippen LogP contribution in [0.25, 0.3) is 11.1 Å². The van der Waals surface area contributed by atoms with Crippen LogP contribution in [-0.4, -0.2) is 19.2 Å². The van der Waals surface area contributed by atoms with Gasteiger partial charge in [0.15, 0.2) is 0 Å². The summed E-state index contributed by atoms with van der Waals surface area (Å²) in [5.74, 6) is -0.465. The van der Waals surface area contributed by atoms with Crippen LogP contribution in [0.5, 0.6) is 0 Å². The van der Waals surface area contributed by atoms with Crippen molar-refractivity contribution in [2.24, 2.45) is 0 Å². The lowest BCUT2D eigenvalue weighted by Crippen LogP contribution is -2.21. The predicted octanol–water partition coefficient (Wildman–Crippen LogP) is 3.41. The van der Waals surface area contributed by atoms with Gasteiger partial charge in [0.1, 0.15) is 5.82 Å². The molecule has 0 atom stereocenters. The van der Waals surface area contributed by atoms with Crippen LogP contribution in [0.4, 0.5) is 4.39 Å². The first-order valence-corrected chi connectivity index (χ1v) is 10.7. The molecule has 0 aliphatic rings. The molecule has 28 heavy (non-hydrogen) atoms. The summed E-state index contributed by atoms with van der Waals surface area (Å²) >= 11 is 5.77. The summed E-state index contributed by atoms with van der Waals surface area (Å²) in [7, 11) is -3.26. The fourth-order valence-corrected chi connectivity index (χ4v) is 3.28. The SMILES string of the molecule is CS(=O)(=O)NCc1ccc(-c2ccc(=O)n(Cc3ccc(Cl)cc3F)c2)cc1. The Hall–Kier alpha value is -2.48. The van der Waals surface area contributed by atoms with Crippen LogP contribution in [0.2, 0.25) is 5.02 Å². The Bertz CT molecular complexity index is 1160. The van der Waals surface area contributed by atoms with E-state index in [1.54, 1.807) is 24.4 Å². The van der Waals surface area contributed by atoms with Crippen LogP contribution in [0, 0.1) is 5.82 Å². The molecule has 0 aliphatic heterocycles. The number of pyridine rings is 1. The highest BCUT2D eigenvalue weighted by atomic mass is 35.5. The fraction of sp³-hybridized carbons (Fsp3) is 0.150. The Kier molecular flexibility index (Phi) is 5.98. The van der Waals surface area contributed by atoms with E-state index in [0.717, 1.165) is 22.9 Å². The Morgan fingerprint density at radius 1 is 1.04 bits per heavy atom. The van der Waals surface area contributed by atoms with E-state index in [2.05, 4.69) is 4.72 Å². The van der Waals surface area contributed by atoms with Crippen molar-refractivity contribution in [1.29, 1.82) is 0 Å². The second-order valence-electron chi connectivity index (χ2n) is 6.41. The van der Waals surface area contributed by atoms with E-state index in [0.29, 0.717) is 10.6 Å². The van der Waals surface area contributed by atoms with Gasteiger partial charge in [0.25, 0.3) is 5.56 Å². The average Bonchev–Trinajstić information content (AvgIpc) is 2.64.